The number of anilines is 1. The standard InChI is InChI=1S/C12H16N2O4S/c1-2-18-11-6-4-3-5-10(11)14-8-9(7-12(14)15)19(13,16)17/h3-6,9H,2,7-8H2,1H3,(H2,13,16,17). The molecule has 0 bridgehead atoms. The van der Waals surface area contributed by atoms with E-state index < -0.39 is 15.3 Å². The van der Waals surface area contributed by atoms with Gasteiger partial charge in [0.1, 0.15) is 11.0 Å². The van der Waals surface area contributed by atoms with Crippen molar-refractivity contribution in [3.63, 3.8) is 0 Å². The van der Waals surface area contributed by atoms with Crippen LogP contribution in [-0.4, -0.2) is 32.7 Å². The van der Waals surface area contributed by atoms with Gasteiger partial charge in [0.05, 0.1) is 12.3 Å². The average Bonchev–Trinajstić information content (AvgIpc) is 2.72. The molecule has 19 heavy (non-hydrogen) atoms. The summed E-state index contributed by atoms with van der Waals surface area (Å²) in [6, 6.07) is 7.05. The van der Waals surface area contributed by atoms with Crippen LogP contribution in [0.2, 0.25) is 0 Å². The number of primary sulfonamides is 1. The first-order chi connectivity index (χ1) is 8.93. The molecule has 1 fully saturated rings. The van der Waals surface area contributed by atoms with Crippen molar-refractivity contribution < 1.29 is 17.9 Å². The van der Waals surface area contributed by atoms with Gasteiger partial charge < -0.3 is 9.64 Å². The molecule has 1 aromatic carbocycles. The third kappa shape index (κ3) is 2.87. The molecule has 104 valence electrons. The van der Waals surface area contributed by atoms with Crippen LogP contribution in [0.3, 0.4) is 0 Å². The van der Waals surface area contributed by atoms with Gasteiger partial charge in [-0.15, -0.1) is 0 Å². The summed E-state index contributed by atoms with van der Waals surface area (Å²) in [4.78, 5) is 13.4. The van der Waals surface area contributed by atoms with E-state index >= 15 is 0 Å². The lowest BCUT2D eigenvalue weighted by molar-refractivity contribution is -0.117. The number of hydrogen-bond acceptors (Lipinski definition) is 4. The van der Waals surface area contributed by atoms with Gasteiger partial charge >= 0.3 is 0 Å². The molecule has 1 aliphatic rings. The van der Waals surface area contributed by atoms with Crippen molar-refractivity contribution in [1.82, 2.24) is 0 Å². The molecular weight excluding hydrogens is 268 g/mol. The SMILES string of the molecule is CCOc1ccccc1N1CC(S(N)(=O)=O)CC1=O. The van der Waals surface area contributed by atoms with Gasteiger partial charge in [-0.1, -0.05) is 12.1 Å². The average molecular weight is 284 g/mol. The van der Waals surface area contributed by atoms with Gasteiger partial charge in [0.25, 0.3) is 0 Å². The Kier molecular flexibility index (Phi) is 3.77. The second-order valence-electron chi connectivity index (χ2n) is 4.32. The summed E-state index contributed by atoms with van der Waals surface area (Å²) >= 11 is 0. The van der Waals surface area contributed by atoms with Gasteiger partial charge in [-0.25, -0.2) is 13.6 Å². The van der Waals surface area contributed by atoms with E-state index in [1.807, 2.05) is 6.92 Å². The van der Waals surface area contributed by atoms with Gasteiger partial charge in [0.2, 0.25) is 15.9 Å². The Morgan fingerprint density at radius 3 is 2.68 bits per heavy atom. The highest BCUT2D eigenvalue weighted by molar-refractivity contribution is 7.89. The van der Waals surface area contributed by atoms with Crippen LogP contribution < -0.4 is 14.8 Å². The Morgan fingerprint density at radius 1 is 1.42 bits per heavy atom. The van der Waals surface area contributed by atoms with Crippen LogP contribution in [0.5, 0.6) is 5.75 Å². The number of benzene rings is 1. The van der Waals surface area contributed by atoms with Crippen LogP contribution >= 0.6 is 0 Å². The quantitative estimate of drug-likeness (QED) is 0.870. The lowest BCUT2D eigenvalue weighted by Crippen LogP contribution is -2.32. The van der Waals surface area contributed by atoms with E-state index in [4.69, 9.17) is 9.88 Å². The molecular formula is C12H16N2O4S. The first kappa shape index (κ1) is 13.8. The third-order valence-electron chi connectivity index (χ3n) is 3.01. The van der Waals surface area contributed by atoms with Crippen molar-refractivity contribution in [3.05, 3.63) is 24.3 Å². The van der Waals surface area contributed by atoms with Gasteiger partial charge in [0, 0.05) is 13.0 Å². The Bertz CT molecular complexity index is 585. The van der Waals surface area contributed by atoms with Gasteiger partial charge in [-0.05, 0) is 19.1 Å². The van der Waals surface area contributed by atoms with Crippen LogP contribution in [0, 0.1) is 0 Å². The number of carbonyl (C=O) groups is 1. The summed E-state index contributed by atoms with van der Waals surface area (Å²) < 4.78 is 28.1. The number of sulfonamides is 1. The zero-order chi connectivity index (χ0) is 14.0. The zero-order valence-electron chi connectivity index (χ0n) is 10.6. The number of hydrogen-bond donors (Lipinski definition) is 1. The molecule has 1 saturated heterocycles. The minimum atomic E-state index is -3.70. The van der Waals surface area contributed by atoms with E-state index in [9.17, 15) is 13.2 Å². The maximum atomic E-state index is 11.9. The summed E-state index contributed by atoms with van der Waals surface area (Å²) in [5, 5.41) is 4.25. The van der Waals surface area contributed by atoms with Crippen LogP contribution in [-0.2, 0) is 14.8 Å². The first-order valence-corrected chi connectivity index (χ1v) is 7.58. The van der Waals surface area contributed by atoms with Gasteiger partial charge in [-0.2, -0.15) is 0 Å². The monoisotopic (exact) mass is 284 g/mol. The number of carbonyl (C=O) groups excluding carboxylic acids is 1. The molecule has 1 heterocycles. The van der Waals surface area contributed by atoms with Crippen LogP contribution in [0.4, 0.5) is 5.69 Å². The second-order valence-corrected chi connectivity index (χ2v) is 6.16. The molecule has 1 aromatic rings. The second kappa shape index (κ2) is 5.18. The number of nitrogens with zero attached hydrogens (tertiary/aromatic N) is 1. The topological polar surface area (TPSA) is 89.7 Å². The third-order valence-corrected chi connectivity index (χ3v) is 4.26. The van der Waals surface area contributed by atoms with Crippen molar-refractivity contribution in [2.45, 2.75) is 18.6 Å². The molecule has 2 N–H and O–H groups in total. The highest BCUT2D eigenvalue weighted by atomic mass is 32.2. The summed E-state index contributed by atoms with van der Waals surface area (Å²) in [5.41, 5.74) is 0.584. The van der Waals surface area contributed by atoms with E-state index in [-0.39, 0.29) is 18.9 Å². The van der Waals surface area contributed by atoms with Gasteiger partial charge in [-0.3, -0.25) is 4.79 Å². The lowest BCUT2D eigenvalue weighted by Gasteiger charge is -2.19. The van der Waals surface area contributed by atoms with Crippen LogP contribution in [0.1, 0.15) is 13.3 Å². The summed E-state index contributed by atoms with van der Waals surface area (Å²) in [6.07, 6.45) is -0.0840. The summed E-state index contributed by atoms with van der Waals surface area (Å²) in [6.45, 7) is 2.38. The Labute approximate surface area is 112 Å². The molecule has 1 atom stereocenters. The fourth-order valence-corrected chi connectivity index (χ4v) is 2.82. The number of nitrogens with two attached hydrogens (primary N) is 1. The predicted molar refractivity (Wildman–Crippen MR) is 71.5 cm³/mol. The molecule has 1 aliphatic heterocycles. The van der Waals surface area contributed by atoms with E-state index in [0.29, 0.717) is 18.0 Å². The van der Waals surface area contributed by atoms with Crippen molar-refractivity contribution in [2.75, 3.05) is 18.1 Å². The molecule has 0 saturated carbocycles. The van der Waals surface area contributed by atoms with Gasteiger partial charge in [0.15, 0.2) is 0 Å². The van der Waals surface area contributed by atoms with Crippen LogP contribution in [0.15, 0.2) is 24.3 Å². The number of rotatable bonds is 4. The largest absolute Gasteiger partial charge is 0.492 e. The number of ether oxygens (including phenoxy) is 1. The maximum Gasteiger partial charge on any atom is 0.228 e. The molecule has 0 aromatic heterocycles. The fourth-order valence-electron chi connectivity index (χ4n) is 2.09. The van der Waals surface area contributed by atoms with E-state index in [1.165, 1.54) is 4.90 Å². The van der Waals surface area contributed by atoms with Crippen molar-refractivity contribution >= 4 is 21.6 Å². The lowest BCUT2D eigenvalue weighted by atomic mass is 10.2. The van der Waals surface area contributed by atoms with Crippen molar-refractivity contribution in [3.8, 4) is 5.75 Å². The number of para-hydroxylation sites is 2. The smallest absolute Gasteiger partial charge is 0.228 e. The maximum absolute atomic E-state index is 11.9. The highest BCUT2D eigenvalue weighted by Gasteiger charge is 2.38. The van der Waals surface area contributed by atoms with Crippen LogP contribution in [0.25, 0.3) is 0 Å². The Morgan fingerprint density at radius 2 is 2.11 bits per heavy atom. The molecule has 0 spiro atoms. The van der Waals surface area contributed by atoms with E-state index in [2.05, 4.69) is 0 Å². The Balaban J connectivity index is 2.31. The first-order valence-electron chi connectivity index (χ1n) is 5.97. The molecule has 7 heteroatoms. The summed E-state index contributed by atoms with van der Waals surface area (Å²) in [7, 11) is -3.70. The van der Waals surface area contributed by atoms with Crippen molar-refractivity contribution in [1.29, 1.82) is 0 Å². The molecule has 2 rings (SSSR count). The minimum absolute atomic E-state index is 0.0712. The Hall–Kier alpha value is -1.60. The molecule has 0 aliphatic carbocycles. The van der Waals surface area contributed by atoms with E-state index in [1.54, 1.807) is 24.3 Å². The molecule has 1 amide bonds. The fraction of sp³-hybridized carbons (Fsp3) is 0.417. The zero-order valence-corrected chi connectivity index (χ0v) is 11.4. The molecule has 6 nitrogen and oxygen atoms in total. The molecule has 0 radical (unpaired) electrons. The summed E-state index contributed by atoms with van der Waals surface area (Å²) in [5.74, 6) is 0.305. The highest BCUT2D eigenvalue weighted by Crippen LogP contribution is 2.32. The van der Waals surface area contributed by atoms with Crippen molar-refractivity contribution in [2.24, 2.45) is 5.14 Å². The predicted octanol–water partition coefficient (Wildman–Crippen LogP) is 0.479. The van der Waals surface area contributed by atoms with E-state index in [0.717, 1.165) is 0 Å². The normalized spacial score (nSPS) is 19.8. The number of amides is 1. The minimum Gasteiger partial charge on any atom is -0.492 e. The molecule has 1 unspecified atom stereocenters.